The largest absolute Gasteiger partial charge is 0.390 e. The summed E-state index contributed by atoms with van der Waals surface area (Å²) < 4.78 is 0. The lowest BCUT2D eigenvalue weighted by Crippen LogP contribution is -2.48. The van der Waals surface area contributed by atoms with Crippen LogP contribution in [0.1, 0.15) is 12.8 Å². The first-order valence-corrected chi connectivity index (χ1v) is 3.35. The fraction of sp³-hybridized carbons (Fsp3) is 1.00. The number of rotatable bonds is 0. The Hall–Kier alpha value is -0.160. The topological polar surface area (TPSA) is 80.9 Å². The molecule has 1 rings (SSSR count). The molecule has 4 heteroatoms. The summed E-state index contributed by atoms with van der Waals surface area (Å²) in [6.07, 6.45) is -3.47. The van der Waals surface area contributed by atoms with E-state index in [0.29, 0.717) is 12.8 Å². The third-order valence-corrected chi connectivity index (χ3v) is 1.90. The van der Waals surface area contributed by atoms with E-state index in [1.165, 1.54) is 0 Å². The molecule has 10 heavy (non-hydrogen) atoms. The van der Waals surface area contributed by atoms with Crippen LogP contribution < -0.4 is 0 Å². The lowest BCUT2D eigenvalue weighted by molar-refractivity contribution is -0.135. The number of hydrogen-bond donors (Lipinski definition) is 4. The third-order valence-electron chi connectivity index (χ3n) is 1.90. The predicted octanol–water partition coefficient (Wildman–Crippen LogP) is -1.78. The molecule has 1 aliphatic rings. The van der Waals surface area contributed by atoms with E-state index in [9.17, 15) is 0 Å². The molecular formula is C6H12O4. The van der Waals surface area contributed by atoms with Crippen LogP contribution in [-0.2, 0) is 0 Å². The van der Waals surface area contributed by atoms with Gasteiger partial charge in [0.05, 0.1) is 12.2 Å². The van der Waals surface area contributed by atoms with Gasteiger partial charge in [-0.1, -0.05) is 0 Å². The van der Waals surface area contributed by atoms with E-state index < -0.39 is 24.4 Å². The van der Waals surface area contributed by atoms with Gasteiger partial charge in [-0.2, -0.15) is 0 Å². The maximum absolute atomic E-state index is 8.96. The fourth-order valence-electron chi connectivity index (χ4n) is 1.14. The Morgan fingerprint density at radius 2 is 1.00 bits per heavy atom. The van der Waals surface area contributed by atoms with Crippen molar-refractivity contribution in [2.24, 2.45) is 0 Å². The summed E-state index contributed by atoms with van der Waals surface area (Å²) in [4.78, 5) is 0. The minimum absolute atomic E-state index is 0.347. The quantitative estimate of drug-likeness (QED) is 0.327. The molecule has 0 amide bonds. The second-order valence-corrected chi connectivity index (χ2v) is 2.69. The van der Waals surface area contributed by atoms with Gasteiger partial charge in [-0.05, 0) is 12.8 Å². The Labute approximate surface area is 58.7 Å². The van der Waals surface area contributed by atoms with Crippen molar-refractivity contribution in [3.63, 3.8) is 0 Å². The molecule has 1 fully saturated rings. The van der Waals surface area contributed by atoms with Gasteiger partial charge in [-0.25, -0.2) is 0 Å². The number of aliphatic hydroxyl groups is 4. The summed E-state index contributed by atoms with van der Waals surface area (Å²) in [6.45, 7) is 0. The van der Waals surface area contributed by atoms with Crippen molar-refractivity contribution in [1.29, 1.82) is 0 Å². The first-order valence-electron chi connectivity index (χ1n) is 3.35. The molecule has 0 aromatic heterocycles. The van der Waals surface area contributed by atoms with Gasteiger partial charge < -0.3 is 20.4 Å². The van der Waals surface area contributed by atoms with Crippen LogP contribution in [0, 0.1) is 0 Å². The minimum atomic E-state index is -1.19. The molecule has 0 spiro atoms. The predicted molar refractivity (Wildman–Crippen MR) is 33.3 cm³/mol. The number of aliphatic hydroxyl groups excluding tert-OH is 4. The van der Waals surface area contributed by atoms with Gasteiger partial charge in [0, 0.05) is 0 Å². The lowest BCUT2D eigenvalue weighted by atomic mass is 9.90. The van der Waals surface area contributed by atoms with Gasteiger partial charge in [0.15, 0.2) is 0 Å². The molecule has 0 aliphatic heterocycles. The summed E-state index contributed by atoms with van der Waals surface area (Å²) in [5, 5.41) is 35.8. The Morgan fingerprint density at radius 1 is 0.700 bits per heavy atom. The van der Waals surface area contributed by atoms with Crippen molar-refractivity contribution in [2.45, 2.75) is 37.3 Å². The second-order valence-electron chi connectivity index (χ2n) is 2.69. The standard InChI is InChI=1S/C6H12O4/c7-3-1-2-4(8)6(10)5(3)9/h3-10H,1-2H2/t3-,4?,5-,6+/m0/s1. The van der Waals surface area contributed by atoms with Crippen molar-refractivity contribution in [3.8, 4) is 0 Å². The van der Waals surface area contributed by atoms with Crippen molar-refractivity contribution in [3.05, 3.63) is 0 Å². The normalized spacial score (nSPS) is 49.2. The Kier molecular flexibility index (Phi) is 2.25. The maximum atomic E-state index is 8.96. The molecule has 1 aliphatic carbocycles. The summed E-state index contributed by atoms with van der Waals surface area (Å²) in [7, 11) is 0. The molecule has 4 atom stereocenters. The van der Waals surface area contributed by atoms with Crippen molar-refractivity contribution in [2.75, 3.05) is 0 Å². The maximum Gasteiger partial charge on any atom is 0.108 e. The first-order chi connectivity index (χ1) is 4.63. The van der Waals surface area contributed by atoms with E-state index in [-0.39, 0.29) is 0 Å². The van der Waals surface area contributed by atoms with Crippen LogP contribution in [0.5, 0.6) is 0 Å². The smallest absolute Gasteiger partial charge is 0.108 e. The van der Waals surface area contributed by atoms with E-state index in [2.05, 4.69) is 0 Å². The molecule has 4 nitrogen and oxygen atoms in total. The van der Waals surface area contributed by atoms with E-state index in [0.717, 1.165) is 0 Å². The zero-order valence-electron chi connectivity index (χ0n) is 5.51. The average Bonchev–Trinajstić information content (AvgIpc) is 1.93. The zero-order valence-corrected chi connectivity index (χ0v) is 5.51. The summed E-state index contributed by atoms with van der Waals surface area (Å²) in [6, 6.07) is 0. The Bertz CT molecular complexity index is 102. The lowest BCUT2D eigenvalue weighted by Gasteiger charge is -2.31. The van der Waals surface area contributed by atoms with E-state index in [1.54, 1.807) is 0 Å². The van der Waals surface area contributed by atoms with Crippen LogP contribution in [0.15, 0.2) is 0 Å². The molecule has 0 saturated heterocycles. The van der Waals surface area contributed by atoms with Crippen LogP contribution in [-0.4, -0.2) is 44.8 Å². The monoisotopic (exact) mass is 148 g/mol. The van der Waals surface area contributed by atoms with E-state index in [4.69, 9.17) is 20.4 Å². The van der Waals surface area contributed by atoms with Gasteiger partial charge in [-0.15, -0.1) is 0 Å². The Balaban J connectivity index is 2.52. The van der Waals surface area contributed by atoms with Crippen LogP contribution in [0.2, 0.25) is 0 Å². The van der Waals surface area contributed by atoms with Crippen molar-refractivity contribution < 1.29 is 20.4 Å². The summed E-state index contributed by atoms with van der Waals surface area (Å²) >= 11 is 0. The molecule has 0 heterocycles. The molecule has 0 aromatic carbocycles. The Morgan fingerprint density at radius 3 is 1.30 bits per heavy atom. The molecular weight excluding hydrogens is 136 g/mol. The van der Waals surface area contributed by atoms with Gasteiger partial charge in [-0.3, -0.25) is 0 Å². The number of hydrogen-bond acceptors (Lipinski definition) is 4. The molecule has 0 radical (unpaired) electrons. The molecule has 1 unspecified atom stereocenters. The highest BCUT2D eigenvalue weighted by molar-refractivity contribution is 4.86. The molecule has 0 bridgehead atoms. The summed E-state index contributed by atoms with van der Waals surface area (Å²) in [5.74, 6) is 0. The van der Waals surface area contributed by atoms with E-state index in [1.807, 2.05) is 0 Å². The van der Waals surface area contributed by atoms with E-state index >= 15 is 0 Å². The zero-order chi connectivity index (χ0) is 7.72. The minimum Gasteiger partial charge on any atom is -0.390 e. The van der Waals surface area contributed by atoms with Crippen LogP contribution in [0.3, 0.4) is 0 Å². The average molecular weight is 148 g/mol. The van der Waals surface area contributed by atoms with Gasteiger partial charge in [0.25, 0.3) is 0 Å². The SMILES string of the molecule is OC1CC[C@H](O)[C@H](O)[C@@H]1O. The van der Waals surface area contributed by atoms with Crippen LogP contribution >= 0.6 is 0 Å². The van der Waals surface area contributed by atoms with Gasteiger partial charge >= 0.3 is 0 Å². The first kappa shape index (κ1) is 7.94. The molecule has 60 valence electrons. The van der Waals surface area contributed by atoms with Crippen LogP contribution in [0.25, 0.3) is 0 Å². The highest BCUT2D eigenvalue weighted by atomic mass is 16.4. The van der Waals surface area contributed by atoms with Crippen molar-refractivity contribution >= 4 is 0 Å². The van der Waals surface area contributed by atoms with Crippen molar-refractivity contribution in [1.82, 2.24) is 0 Å². The third kappa shape index (κ3) is 1.29. The highest BCUT2D eigenvalue weighted by Crippen LogP contribution is 2.19. The second kappa shape index (κ2) is 2.84. The van der Waals surface area contributed by atoms with Gasteiger partial charge in [0.1, 0.15) is 12.2 Å². The summed E-state index contributed by atoms with van der Waals surface area (Å²) in [5.41, 5.74) is 0. The molecule has 1 saturated carbocycles. The van der Waals surface area contributed by atoms with Crippen LogP contribution in [0.4, 0.5) is 0 Å². The fourth-order valence-corrected chi connectivity index (χ4v) is 1.14. The molecule has 4 N–H and O–H groups in total. The molecule has 0 aromatic rings. The highest BCUT2D eigenvalue weighted by Gasteiger charge is 2.34. The van der Waals surface area contributed by atoms with Gasteiger partial charge in [0.2, 0.25) is 0 Å².